The van der Waals surface area contributed by atoms with Crippen LogP contribution in [0.1, 0.15) is 41.0 Å². The molecule has 0 saturated carbocycles. The monoisotopic (exact) mass is 278 g/mol. The number of nitrogens with zero attached hydrogens (tertiary/aromatic N) is 1. The van der Waals surface area contributed by atoms with Crippen molar-refractivity contribution in [2.75, 3.05) is 6.54 Å². The highest BCUT2D eigenvalue weighted by molar-refractivity contribution is 5.98. The molecule has 0 saturated heterocycles. The van der Waals surface area contributed by atoms with Crippen LogP contribution in [0.15, 0.2) is 24.3 Å². The fourth-order valence-corrected chi connectivity index (χ4v) is 1.74. The molecule has 1 rings (SSSR count). The number of carbonyl (C=O) groups excluding carboxylic acids is 2. The highest BCUT2D eigenvalue weighted by Gasteiger charge is 2.22. The maximum atomic E-state index is 12.3. The van der Waals surface area contributed by atoms with E-state index in [2.05, 4.69) is 0 Å². The van der Waals surface area contributed by atoms with Crippen LogP contribution in [0.3, 0.4) is 0 Å². The molecule has 108 valence electrons. The maximum absolute atomic E-state index is 12.3. The number of benzene rings is 1. The molecule has 0 spiro atoms. The lowest BCUT2D eigenvalue weighted by molar-refractivity contribution is -0.138. The summed E-state index contributed by atoms with van der Waals surface area (Å²) in [4.78, 5) is 35.4. The largest absolute Gasteiger partial charge is 0.480 e. The number of hydrogen-bond acceptors (Lipinski definition) is 3. The standard InChI is InChI=1S/C14H18N2O4/c1-3-9(2)16(8-12(17)18)14(20)11-6-4-10(5-7-11)13(15)19/h4-7,9H,3,8H2,1-2H3,(H2,15,19)(H,17,18). The van der Waals surface area contributed by atoms with Crippen molar-refractivity contribution in [3.05, 3.63) is 35.4 Å². The summed E-state index contributed by atoms with van der Waals surface area (Å²) < 4.78 is 0. The van der Waals surface area contributed by atoms with Gasteiger partial charge in [-0.25, -0.2) is 0 Å². The van der Waals surface area contributed by atoms with Gasteiger partial charge in [-0.15, -0.1) is 0 Å². The second kappa shape index (κ2) is 6.70. The van der Waals surface area contributed by atoms with E-state index in [0.717, 1.165) is 0 Å². The Labute approximate surface area is 117 Å². The van der Waals surface area contributed by atoms with Crippen LogP contribution in [-0.4, -0.2) is 40.4 Å². The molecule has 6 nitrogen and oxygen atoms in total. The number of amides is 2. The first-order chi connectivity index (χ1) is 9.36. The van der Waals surface area contributed by atoms with Gasteiger partial charge in [-0.1, -0.05) is 6.92 Å². The molecule has 0 aliphatic carbocycles. The maximum Gasteiger partial charge on any atom is 0.323 e. The van der Waals surface area contributed by atoms with Gasteiger partial charge in [0.1, 0.15) is 6.54 Å². The number of nitrogens with two attached hydrogens (primary N) is 1. The minimum atomic E-state index is -1.06. The predicted molar refractivity (Wildman–Crippen MR) is 73.4 cm³/mol. The van der Waals surface area contributed by atoms with Gasteiger partial charge in [0, 0.05) is 17.2 Å². The van der Waals surface area contributed by atoms with Gasteiger partial charge in [-0.2, -0.15) is 0 Å². The zero-order chi connectivity index (χ0) is 15.3. The van der Waals surface area contributed by atoms with E-state index in [4.69, 9.17) is 10.8 Å². The van der Waals surface area contributed by atoms with Crippen molar-refractivity contribution in [2.24, 2.45) is 5.73 Å². The number of carboxylic acids is 1. The van der Waals surface area contributed by atoms with E-state index in [9.17, 15) is 14.4 Å². The van der Waals surface area contributed by atoms with Crippen LogP contribution >= 0.6 is 0 Å². The molecule has 0 aliphatic rings. The summed E-state index contributed by atoms with van der Waals surface area (Å²) in [6.07, 6.45) is 0.651. The van der Waals surface area contributed by atoms with Crippen molar-refractivity contribution in [1.29, 1.82) is 0 Å². The van der Waals surface area contributed by atoms with Crippen LogP contribution in [-0.2, 0) is 4.79 Å². The molecule has 0 fully saturated rings. The number of carboxylic acid groups (broad SMARTS) is 1. The molecule has 3 N–H and O–H groups in total. The SMILES string of the molecule is CCC(C)N(CC(=O)O)C(=O)c1ccc(C(N)=O)cc1. The van der Waals surface area contributed by atoms with Gasteiger partial charge >= 0.3 is 5.97 Å². The van der Waals surface area contributed by atoms with Crippen LogP contribution in [0, 0.1) is 0 Å². The Bertz CT molecular complexity index is 510. The molecule has 1 atom stereocenters. The Balaban J connectivity index is 2.99. The Morgan fingerprint density at radius 1 is 1.20 bits per heavy atom. The molecule has 0 aromatic heterocycles. The molecular weight excluding hydrogens is 260 g/mol. The Morgan fingerprint density at radius 3 is 2.10 bits per heavy atom. The molecule has 0 heterocycles. The van der Waals surface area contributed by atoms with E-state index in [1.54, 1.807) is 6.92 Å². The summed E-state index contributed by atoms with van der Waals surface area (Å²) >= 11 is 0. The van der Waals surface area contributed by atoms with Crippen molar-refractivity contribution in [1.82, 2.24) is 4.90 Å². The number of primary amides is 1. The molecule has 1 aromatic rings. The van der Waals surface area contributed by atoms with Crippen molar-refractivity contribution in [3.63, 3.8) is 0 Å². The summed E-state index contributed by atoms with van der Waals surface area (Å²) in [5.74, 6) is -2.02. The highest BCUT2D eigenvalue weighted by atomic mass is 16.4. The summed E-state index contributed by atoms with van der Waals surface area (Å²) in [7, 11) is 0. The zero-order valence-electron chi connectivity index (χ0n) is 11.5. The third-order valence-electron chi connectivity index (χ3n) is 3.11. The minimum absolute atomic E-state index is 0.186. The van der Waals surface area contributed by atoms with Crippen LogP contribution in [0.2, 0.25) is 0 Å². The van der Waals surface area contributed by atoms with E-state index >= 15 is 0 Å². The second-order valence-corrected chi connectivity index (χ2v) is 4.53. The van der Waals surface area contributed by atoms with Crippen molar-refractivity contribution in [3.8, 4) is 0 Å². The fraction of sp³-hybridized carbons (Fsp3) is 0.357. The zero-order valence-corrected chi connectivity index (χ0v) is 11.5. The first kappa shape index (κ1) is 15.7. The number of rotatable bonds is 6. The van der Waals surface area contributed by atoms with Crippen LogP contribution in [0.5, 0.6) is 0 Å². The van der Waals surface area contributed by atoms with Gasteiger partial charge in [-0.05, 0) is 37.6 Å². The quantitative estimate of drug-likeness (QED) is 0.813. The predicted octanol–water partition coefficient (Wildman–Crippen LogP) is 1.11. The third-order valence-corrected chi connectivity index (χ3v) is 3.11. The topological polar surface area (TPSA) is 101 Å². The third kappa shape index (κ3) is 3.81. The van der Waals surface area contributed by atoms with E-state index in [1.165, 1.54) is 29.2 Å². The van der Waals surface area contributed by atoms with Crippen LogP contribution < -0.4 is 5.73 Å². The number of carbonyl (C=O) groups is 3. The normalized spacial score (nSPS) is 11.7. The van der Waals surface area contributed by atoms with E-state index in [-0.39, 0.29) is 18.5 Å². The average Bonchev–Trinajstić information content (AvgIpc) is 2.43. The minimum Gasteiger partial charge on any atom is -0.480 e. The summed E-state index contributed by atoms with van der Waals surface area (Å²) in [5, 5.41) is 8.89. The fourth-order valence-electron chi connectivity index (χ4n) is 1.74. The lowest BCUT2D eigenvalue weighted by Crippen LogP contribution is -2.41. The lowest BCUT2D eigenvalue weighted by Gasteiger charge is -2.27. The number of hydrogen-bond donors (Lipinski definition) is 2. The molecule has 6 heteroatoms. The lowest BCUT2D eigenvalue weighted by atomic mass is 10.1. The van der Waals surface area contributed by atoms with Gasteiger partial charge < -0.3 is 15.7 Å². The van der Waals surface area contributed by atoms with Gasteiger partial charge in [0.15, 0.2) is 0 Å². The molecular formula is C14H18N2O4. The van der Waals surface area contributed by atoms with Crippen molar-refractivity contribution < 1.29 is 19.5 Å². The molecule has 1 unspecified atom stereocenters. The first-order valence-corrected chi connectivity index (χ1v) is 6.29. The molecule has 20 heavy (non-hydrogen) atoms. The van der Waals surface area contributed by atoms with Gasteiger partial charge in [-0.3, -0.25) is 14.4 Å². The molecule has 0 bridgehead atoms. The smallest absolute Gasteiger partial charge is 0.323 e. The summed E-state index contributed by atoms with van der Waals surface area (Å²) in [6.45, 7) is 3.31. The van der Waals surface area contributed by atoms with E-state index in [0.29, 0.717) is 17.5 Å². The summed E-state index contributed by atoms with van der Waals surface area (Å²) in [6, 6.07) is 5.66. The Hall–Kier alpha value is -2.37. The van der Waals surface area contributed by atoms with Gasteiger partial charge in [0.2, 0.25) is 5.91 Å². The van der Waals surface area contributed by atoms with Crippen LogP contribution in [0.4, 0.5) is 0 Å². The molecule has 2 amide bonds. The summed E-state index contributed by atoms with van der Waals surface area (Å²) in [5.41, 5.74) is 5.75. The number of aliphatic carboxylic acids is 1. The van der Waals surface area contributed by atoms with Crippen LogP contribution in [0.25, 0.3) is 0 Å². The van der Waals surface area contributed by atoms with Gasteiger partial charge in [0.05, 0.1) is 0 Å². The van der Waals surface area contributed by atoms with Crippen molar-refractivity contribution in [2.45, 2.75) is 26.3 Å². The van der Waals surface area contributed by atoms with E-state index in [1.807, 2.05) is 6.92 Å². The van der Waals surface area contributed by atoms with E-state index < -0.39 is 11.9 Å². The second-order valence-electron chi connectivity index (χ2n) is 4.53. The molecule has 0 radical (unpaired) electrons. The highest BCUT2D eigenvalue weighted by Crippen LogP contribution is 2.12. The molecule has 1 aromatic carbocycles. The Kier molecular flexibility index (Phi) is 5.25. The van der Waals surface area contributed by atoms with Gasteiger partial charge in [0.25, 0.3) is 5.91 Å². The Morgan fingerprint density at radius 2 is 1.70 bits per heavy atom. The average molecular weight is 278 g/mol. The van der Waals surface area contributed by atoms with Crippen molar-refractivity contribution >= 4 is 17.8 Å². The first-order valence-electron chi connectivity index (χ1n) is 6.29. The molecule has 0 aliphatic heterocycles.